The van der Waals surface area contributed by atoms with E-state index in [1.165, 1.54) is 12.1 Å². The molecule has 2 fully saturated rings. The van der Waals surface area contributed by atoms with E-state index in [-0.39, 0.29) is 35.5 Å². The van der Waals surface area contributed by atoms with Crippen molar-refractivity contribution in [2.75, 3.05) is 5.75 Å². The van der Waals surface area contributed by atoms with Crippen LogP contribution in [0.5, 0.6) is 0 Å². The Morgan fingerprint density at radius 1 is 1.48 bits per heavy atom. The van der Waals surface area contributed by atoms with Crippen molar-refractivity contribution in [2.45, 2.75) is 29.8 Å². The molecule has 0 spiro atoms. The molecule has 1 aromatic rings. The van der Waals surface area contributed by atoms with Gasteiger partial charge in [-0.2, -0.15) is 5.26 Å². The minimum Gasteiger partial charge on any atom is -0.317 e. The third-order valence-electron chi connectivity index (χ3n) is 3.87. The fraction of sp³-hybridized carbons (Fsp3) is 0.429. The molecule has 2 aliphatic heterocycles. The van der Waals surface area contributed by atoms with Crippen molar-refractivity contribution in [1.82, 2.24) is 4.90 Å². The lowest BCUT2D eigenvalue weighted by molar-refractivity contribution is -0.132. The van der Waals surface area contributed by atoms with E-state index in [2.05, 4.69) is 6.07 Å². The van der Waals surface area contributed by atoms with Crippen LogP contribution in [-0.4, -0.2) is 33.5 Å². The zero-order chi connectivity index (χ0) is 14.3. The second-order valence-corrected chi connectivity index (χ2v) is 6.52. The first-order valence-corrected chi connectivity index (χ1v) is 7.46. The minimum absolute atomic E-state index is 0. The number of fused-ring (bicyclic) bond motifs is 1. The number of carbonyl (C=O) groups is 1. The molecule has 1 aromatic carbocycles. The molecule has 2 N–H and O–H groups in total. The van der Waals surface area contributed by atoms with E-state index in [0.29, 0.717) is 18.6 Å². The molecule has 112 valence electrons. The van der Waals surface area contributed by atoms with Gasteiger partial charge in [0.15, 0.2) is 0 Å². The van der Waals surface area contributed by atoms with Gasteiger partial charge in [0.1, 0.15) is 17.4 Å². The summed E-state index contributed by atoms with van der Waals surface area (Å²) in [6.07, 6.45) is 0.907. The van der Waals surface area contributed by atoms with E-state index >= 15 is 0 Å². The second kappa shape index (κ2) is 5.84. The third-order valence-corrected chi connectivity index (χ3v) is 5.16. The summed E-state index contributed by atoms with van der Waals surface area (Å²) in [5, 5.41) is 9.08. The summed E-state index contributed by atoms with van der Waals surface area (Å²) < 4.78 is 12.9. The largest absolute Gasteiger partial charge is 0.317 e. The van der Waals surface area contributed by atoms with E-state index in [0.717, 1.165) is 5.56 Å². The highest BCUT2D eigenvalue weighted by Gasteiger charge is 2.54. The van der Waals surface area contributed by atoms with Crippen LogP contribution in [0.15, 0.2) is 24.3 Å². The van der Waals surface area contributed by atoms with Gasteiger partial charge in [-0.1, -0.05) is 12.1 Å². The number of hydrogen-bond donors (Lipinski definition) is 1. The van der Waals surface area contributed by atoms with Crippen molar-refractivity contribution < 1.29 is 9.18 Å². The zero-order valence-electron chi connectivity index (χ0n) is 11.2. The molecule has 2 heterocycles. The van der Waals surface area contributed by atoms with Crippen LogP contribution in [0.25, 0.3) is 0 Å². The van der Waals surface area contributed by atoms with Gasteiger partial charge in [0, 0.05) is 12.2 Å². The molecule has 0 aliphatic carbocycles. The Morgan fingerprint density at radius 2 is 2.14 bits per heavy atom. The van der Waals surface area contributed by atoms with E-state index in [1.54, 1.807) is 28.8 Å². The molecule has 0 unspecified atom stereocenters. The average Bonchev–Trinajstić information content (AvgIpc) is 2.92. The lowest BCUT2D eigenvalue weighted by atomic mass is 9.90. The van der Waals surface area contributed by atoms with Crippen molar-refractivity contribution in [1.29, 1.82) is 5.26 Å². The van der Waals surface area contributed by atoms with Crippen molar-refractivity contribution in [2.24, 2.45) is 5.73 Å². The lowest BCUT2D eigenvalue weighted by Gasteiger charge is -2.24. The molecule has 2 aliphatic rings. The first-order chi connectivity index (χ1) is 9.53. The molecule has 0 saturated carbocycles. The van der Waals surface area contributed by atoms with Gasteiger partial charge in [0.25, 0.3) is 0 Å². The Kier molecular flexibility index (Phi) is 4.47. The fourth-order valence-corrected chi connectivity index (χ4v) is 4.32. The summed E-state index contributed by atoms with van der Waals surface area (Å²) in [6.45, 7) is 0. The number of rotatable bonds is 2. The van der Waals surface area contributed by atoms with Crippen molar-refractivity contribution in [3.63, 3.8) is 0 Å². The minimum atomic E-state index is -0.981. The number of nitrogens with two attached hydrogens (primary N) is 1. The van der Waals surface area contributed by atoms with Gasteiger partial charge < -0.3 is 10.6 Å². The van der Waals surface area contributed by atoms with Gasteiger partial charge in [-0.05, 0) is 24.1 Å². The van der Waals surface area contributed by atoms with Gasteiger partial charge in [-0.25, -0.2) is 4.39 Å². The molecule has 7 heteroatoms. The van der Waals surface area contributed by atoms with E-state index in [1.807, 2.05) is 0 Å². The summed E-state index contributed by atoms with van der Waals surface area (Å²) in [4.78, 5) is 14.1. The van der Waals surface area contributed by atoms with Crippen LogP contribution in [0, 0.1) is 17.1 Å². The van der Waals surface area contributed by atoms with Crippen LogP contribution in [0.3, 0.4) is 0 Å². The van der Waals surface area contributed by atoms with Crippen LogP contribution in [0.4, 0.5) is 4.39 Å². The predicted octanol–water partition coefficient (Wildman–Crippen LogP) is 1.68. The molecule has 3 atom stereocenters. The van der Waals surface area contributed by atoms with Gasteiger partial charge in [-0.3, -0.25) is 4.79 Å². The number of thioether (sulfide) groups is 1. The summed E-state index contributed by atoms with van der Waals surface area (Å²) >= 11 is 1.61. The first-order valence-electron chi connectivity index (χ1n) is 6.41. The van der Waals surface area contributed by atoms with Gasteiger partial charge in [0.05, 0.1) is 11.4 Å². The Bertz CT molecular complexity index is 591. The second-order valence-electron chi connectivity index (χ2n) is 5.31. The summed E-state index contributed by atoms with van der Waals surface area (Å²) in [5.41, 5.74) is 6.13. The quantitative estimate of drug-likeness (QED) is 0.897. The highest BCUT2D eigenvalue weighted by atomic mass is 35.5. The maximum absolute atomic E-state index is 12.9. The molecule has 0 aromatic heterocycles. The van der Waals surface area contributed by atoms with Gasteiger partial charge in [-0.15, -0.1) is 24.2 Å². The van der Waals surface area contributed by atoms with E-state index in [9.17, 15) is 9.18 Å². The number of halogens is 2. The highest BCUT2D eigenvalue weighted by molar-refractivity contribution is 8.00. The normalized spacial score (nSPS) is 30.7. The first kappa shape index (κ1) is 16.1. The zero-order valence-corrected chi connectivity index (χ0v) is 12.8. The SMILES string of the molecule is Cl.N#C[C@@H]1CS[C@H]2C[C@](N)(Cc3ccc(F)cc3)C(=O)N12. The van der Waals surface area contributed by atoms with Gasteiger partial charge >= 0.3 is 0 Å². The number of amides is 1. The maximum Gasteiger partial charge on any atom is 0.245 e. The molecule has 4 nitrogen and oxygen atoms in total. The summed E-state index contributed by atoms with van der Waals surface area (Å²) in [5.74, 6) is 0.182. The van der Waals surface area contributed by atoms with Crippen LogP contribution < -0.4 is 5.73 Å². The monoisotopic (exact) mass is 327 g/mol. The standard InChI is InChI=1S/C14H14FN3OS.ClH/c15-10-3-1-9(2-4-10)5-14(17)6-12-18(13(14)19)11(7-16)8-20-12;/h1-4,11-12H,5-6,8,17H2;1H/t11-,12+,14-;/m1./s1. The van der Waals surface area contributed by atoms with Crippen molar-refractivity contribution in [3.05, 3.63) is 35.6 Å². The number of nitriles is 1. The Labute approximate surface area is 132 Å². The molecule has 3 rings (SSSR count). The highest BCUT2D eigenvalue weighted by Crippen LogP contribution is 2.42. The number of hydrogen-bond acceptors (Lipinski definition) is 4. The average molecular weight is 328 g/mol. The number of benzene rings is 1. The third kappa shape index (κ3) is 2.73. The Morgan fingerprint density at radius 3 is 2.76 bits per heavy atom. The molecule has 21 heavy (non-hydrogen) atoms. The molecule has 0 bridgehead atoms. The van der Waals surface area contributed by atoms with E-state index < -0.39 is 5.54 Å². The van der Waals surface area contributed by atoms with Crippen LogP contribution in [-0.2, 0) is 11.2 Å². The molecule has 1 amide bonds. The van der Waals surface area contributed by atoms with E-state index in [4.69, 9.17) is 11.0 Å². The van der Waals surface area contributed by atoms with Crippen LogP contribution in [0.1, 0.15) is 12.0 Å². The molecule has 0 radical (unpaired) electrons. The summed E-state index contributed by atoms with van der Waals surface area (Å²) in [7, 11) is 0. The van der Waals surface area contributed by atoms with Gasteiger partial charge in [0.2, 0.25) is 5.91 Å². The maximum atomic E-state index is 12.9. The topological polar surface area (TPSA) is 70.1 Å². The Balaban J connectivity index is 0.00000161. The summed E-state index contributed by atoms with van der Waals surface area (Å²) in [6, 6.07) is 7.81. The molecular formula is C14H15ClFN3OS. The fourth-order valence-electron chi connectivity index (χ4n) is 2.86. The van der Waals surface area contributed by atoms with Crippen LogP contribution in [0.2, 0.25) is 0 Å². The smallest absolute Gasteiger partial charge is 0.245 e. The number of carbonyl (C=O) groups excluding carboxylic acids is 1. The van der Waals surface area contributed by atoms with Crippen molar-refractivity contribution in [3.8, 4) is 6.07 Å². The van der Waals surface area contributed by atoms with Crippen molar-refractivity contribution >= 4 is 30.1 Å². The number of nitrogens with zero attached hydrogens (tertiary/aromatic N) is 2. The molecular weight excluding hydrogens is 313 g/mol. The Hall–Kier alpha value is -1.29. The predicted molar refractivity (Wildman–Crippen MR) is 81.4 cm³/mol. The van der Waals surface area contributed by atoms with Crippen LogP contribution >= 0.6 is 24.2 Å². The lowest BCUT2D eigenvalue weighted by Crippen LogP contribution is -2.51. The molecule has 2 saturated heterocycles.